The smallest absolute Gasteiger partial charge is 0.339 e. The molecule has 0 N–H and O–H groups in total. The molecule has 0 fully saturated rings. The molecule has 5 nitrogen and oxygen atoms in total. The van der Waals surface area contributed by atoms with E-state index >= 15 is 0 Å². The van der Waals surface area contributed by atoms with Gasteiger partial charge in [-0.05, 0) is 13.0 Å². The van der Waals surface area contributed by atoms with E-state index in [0.29, 0.717) is 12.0 Å². The van der Waals surface area contributed by atoms with Crippen molar-refractivity contribution in [2.75, 3.05) is 20.8 Å². The molecule has 0 saturated carbocycles. The molecule has 0 aliphatic heterocycles. The minimum absolute atomic E-state index is 0.137. The van der Waals surface area contributed by atoms with E-state index in [0.717, 1.165) is 0 Å². The minimum Gasteiger partial charge on any atom is -0.497 e. The van der Waals surface area contributed by atoms with Crippen LogP contribution in [-0.4, -0.2) is 33.1 Å². The Hall–Kier alpha value is -2.04. The van der Waals surface area contributed by atoms with Crippen LogP contribution in [-0.2, 0) is 4.74 Å². The summed E-state index contributed by atoms with van der Waals surface area (Å²) in [4.78, 5) is 22.7. The van der Waals surface area contributed by atoms with Crippen LogP contribution in [0.25, 0.3) is 0 Å². The minimum atomic E-state index is -0.577. The Morgan fingerprint density at radius 2 is 2.00 bits per heavy atom. The Morgan fingerprint density at radius 3 is 2.47 bits per heavy atom. The fourth-order valence-corrected chi connectivity index (χ4v) is 1.39. The van der Waals surface area contributed by atoms with Crippen LogP contribution in [0.4, 0.5) is 0 Å². The fourth-order valence-electron chi connectivity index (χ4n) is 1.39. The standard InChI is InChI=1S/C12H14O5/c1-4-17-12(14)9-5-8(15-2)6-11(16-3)10(9)7-13/h5-7H,4H2,1-3H3. The lowest BCUT2D eigenvalue weighted by Crippen LogP contribution is -2.09. The van der Waals surface area contributed by atoms with E-state index in [1.165, 1.54) is 26.4 Å². The Balaban J connectivity index is 3.33. The van der Waals surface area contributed by atoms with Gasteiger partial charge in [0.25, 0.3) is 0 Å². The second kappa shape index (κ2) is 5.89. The summed E-state index contributed by atoms with van der Waals surface area (Å²) in [6.45, 7) is 1.92. The lowest BCUT2D eigenvalue weighted by atomic mass is 10.1. The lowest BCUT2D eigenvalue weighted by molar-refractivity contribution is 0.0523. The molecule has 0 aliphatic rings. The summed E-state index contributed by atoms with van der Waals surface area (Å²) in [6, 6.07) is 2.98. The number of methoxy groups -OCH3 is 2. The topological polar surface area (TPSA) is 61.8 Å². The zero-order chi connectivity index (χ0) is 12.8. The number of esters is 1. The number of benzene rings is 1. The molecule has 1 rings (SSSR count). The van der Waals surface area contributed by atoms with Crippen molar-refractivity contribution < 1.29 is 23.8 Å². The van der Waals surface area contributed by atoms with Gasteiger partial charge in [-0.15, -0.1) is 0 Å². The van der Waals surface area contributed by atoms with E-state index in [9.17, 15) is 9.59 Å². The molecular weight excluding hydrogens is 224 g/mol. The van der Waals surface area contributed by atoms with Crippen molar-refractivity contribution in [2.24, 2.45) is 0 Å². The van der Waals surface area contributed by atoms with Gasteiger partial charge < -0.3 is 14.2 Å². The van der Waals surface area contributed by atoms with Gasteiger partial charge in [0.15, 0.2) is 6.29 Å². The van der Waals surface area contributed by atoms with Crippen LogP contribution in [0.3, 0.4) is 0 Å². The Bertz CT molecular complexity index is 425. The van der Waals surface area contributed by atoms with E-state index < -0.39 is 5.97 Å². The first kappa shape index (κ1) is 13.0. The van der Waals surface area contributed by atoms with Crippen LogP contribution in [0.1, 0.15) is 27.6 Å². The summed E-state index contributed by atoms with van der Waals surface area (Å²) < 4.78 is 14.9. The van der Waals surface area contributed by atoms with E-state index in [1.54, 1.807) is 6.92 Å². The molecule has 0 atom stereocenters. The van der Waals surface area contributed by atoms with Gasteiger partial charge in [0.2, 0.25) is 0 Å². The number of carbonyl (C=O) groups excluding carboxylic acids is 2. The molecule has 0 bridgehead atoms. The molecule has 5 heteroatoms. The van der Waals surface area contributed by atoms with Crippen LogP contribution in [0.2, 0.25) is 0 Å². The maximum atomic E-state index is 11.7. The van der Waals surface area contributed by atoms with E-state index in [-0.39, 0.29) is 23.5 Å². The summed E-state index contributed by atoms with van der Waals surface area (Å²) in [5.74, 6) is 0.129. The van der Waals surface area contributed by atoms with Crippen LogP contribution < -0.4 is 9.47 Å². The molecule has 0 aliphatic carbocycles. The van der Waals surface area contributed by atoms with Gasteiger partial charge in [-0.1, -0.05) is 0 Å². The van der Waals surface area contributed by atoms with Crippen LogP contribution in [0.15, 0.2) is 12.1 Å². The third-order valence-electron chi connectivity index (χ3n) is 2.18. The Kier molecular flexibility index (Phi) is 4.51. The maximum Gasteiger partial charge on any atom is 0.339 e. The number of aldehydes is 1. The van der Waals surface area contributed by atoms with Crippen LogP contribution >= 0.6 is 0 Å². The molecule has 1 aromatic carbocycles. The summed E-state index contributed by atoms with van der Waals surface area (Å²) in [7, 11) is 2.88. The summed E-state index contributed by atoms with van der Waals surface area (Å²) in [5.41, 5.74) is 0.296. The first-order chi connectivity index (χ1) is 8.17. The second-order valence-electron chi connectivity index (χ2n) is 3.13. The van der Waals surface area contributed by atoms with Crippen molar-refractivity contribution in [1.82, 2.24) is 0 Å². The maximum absolute atomic E-state index is 11.7. The first-order valence-corrected chi connectivity index (χ1v) is 5.06. The van der Waals surface area contributed by atoms with Crippen molar-refractivity contribution in [3.05, 3.63) is 23.3 Å². The molecule has 0 amide bonds. The van der Waals surface area contributed by atoms with Gasteiger partial charge in [-0.2, -0.15) is 0 Å². The lowest BCUT2D eigenvalue weighted by Gasteiger charge is -2.11. The zero-order valence-corrected chi connectivity index (χ0v) is 9.98. The van der Waals surface area contributed by atoms with Gasteiger partial charge >= 0.3 is 5.97 Å². The summed E-state index contributed by atoms with van der Waals surface area (Å²) >= 11 is 0. The highest BCUT2D eigenvalue weighted by atomic mass is 16.5. The van der Waals surface area contributed by atoms with Gasteiger partial charge in [0, 0.05) is 6.07 Å². The van der Waals surface area contributed by atoms with Crippen LogP contribution in [0.5, 0.6) is 11.5 Å². The van der Waals surface area contributed by atoms with Crippen molar-refractivity contribution in [3.8, 4) is 11.5 Å². The fraction of sp³-hybridized carbons (Fsp3) is 0.333. The average molecular weight is 238 g/mol. The highest BCUT2D eigenvalue weighted by Gasteiger charge is 2.18. The molecule has 0 aromatic heterocycles. The molecule has 1 aromatic rings. The van der Waals surface area contributed by atoms with Gasteiger partial charge in [0.1, 0.15) is 11.5 Å². The molecule has 17 heavy (non-hydrogen) atoms. The van der Waals surface area contributed by atoms with Gasteiger partial charge in [-0.25, -0.2) is 4.79 Å². The largest absolute Gasteiger partial charge is 0.497 e. The van der Waals surface area contributed by atoms with Crippen LogP contribution in [0, 0.1) is 0 Å². The quantitative estimate of drug-likeness (QED) is 0.577. The van der Waals surface area contributed by atoms with Crippen molar-refractivity contribution in [3.63, 3.8) is 0 Å². The monoisotopic (exact) mass is 238 g/mol. The Labute approximate surface area is 99.3 Å². The highest BCUT2D eigenvalue weighted by Crippen LogP contribution is 2.28. The number of hydrogen-bond donors (Lipinski definition) is 0. The predicted octanol–water partition coefficient (Wildman–Crippen LogP) is 1.69. The number of hydrogen-bond acceptors (Lipinski definition) is 5. The SMILES string of the molecule is CCOC(=O)c1cc(OC)cc(OC)c1C=O. The number of ether oxygens (including phenoxy) is 3. The molecule has 0 radical (unpaired) electrons. The zero-order valence-electron chi connectivity index (χ0n) is 9.98. The van der Waals surface area contributed by atoms with Gasteiger partial charge in [-0.3, -0.25) is 4.79 Å². The molecular formula is C12H14O5. The summed E-state index contributed by atoms with van der Waals surface area (Å²) in [5, 5.41) is 0. The average Bonchev–Trinajstić information content (AvgIpc) is 2.37. The second-order valence-corrected chi connectivity index (χ2v) is 3.13. The van der Waals surface area contributed by atoms with E-state index in [1.807, 2.05) is 0 Å². The third-order valence-corrected chi connectivity index (χ3v) is 2.18. The van der Waals surface area contributed by atoms with Crippen molar-refractivity contribution in [2.45, 2.75) is 6.92 Å². The Morgan fingerprint density at radius 1 is 1.29 bits per heavy atom. The highest BCUT2D eigenvalue weighted by molar-refractivity contribution is 6.00. The molecule has 0 saturated heterocycles. The summed E-state index contributed by atoms with van der Waals surface area (Å²) in [6.07, 6.45) is 0.560. The van der Waals surface area contributed by atoms with E-state index in [2.05, 4.69) is 0 Å². The molecule has 0 spiro atoms. The predicted molar refractivity (Wildman–Crippen MR) is 60.9 cm³/mol. The number of rotatable bonds is 5. The number of carbonyl (C=O) groups is 2. The molecule has 92 valence electrons. The van der Waals surface area contributed by atoms with E-state index in [4.69, 9.17) is 14.2 Å². The third kappa shape index (κ3) is 2.75. The van der Waals surface area contributed by atoms with Crippen molar-refractivity contribution in [1.29, 1.82) is 0 Å². The van der Waals surface area contributed by atoms with Crippen molar-refractivity contribution >= 4 is 12.3 Å². The molecule has 0 unspecified atom stereocenters. The normalized spacial score (nSPS) is 9.59. The molecule has 0 heterocycles. The van der Waals surface area contributed by atoms with Gasteiger partial charge in [0.05, 0.1) is 32.0 Å². The first-order valence-electron chi connectivity index (χ1n) is 5.06.